The summed E-state index contributed by atoms with van der Waals surface area (Å²) in [6.07, 6.45) is 0. The van der Waals surface area contributed by atoms with E-state index in [4.69, 9.17) is 5.11 Å². The standard InChI is InChI=1S/C11H10BrN3O5S/c12-7-3-6(15(19)20)1-2-8(7)13-11(18)14-5-21-4-9(14)10(16)17/h1-3,9H,4-5H2,(H,13,18)(H,16,17)/t9-/m0/s1. The number of non-ortho nitro benzene ring substituents is 1. The van der Waals surface area contributed by atoms with Crippen molar-refractivity contribution in [2.24, 2.45) is 0 Å². The van der Waals surface area contributed by atoms with Gasteiger partial charge in [0.2, 0.25) is 0 Å². The summed E-state index contributed by atoms with van der Waals surface area (Å²) >= 11 is 4.49. The molecule has 1 aliphatic heterocycles. The second kappa shape index (κ2) is 6.31. The number of hydrogen-bond acceptors (Lipinski definition) is 5. The lowest BCUT2D eigenvalue weighted by molar-refractivity contribution is -0.384. The molecule has 1 saturated heterocycles. The highest BCUT2D eigenvalue weighted by atomic mass is 79.9. The quantitative estimate of drug-likeness (QED) is 0.619. The Bertz CT molecular complexity index is 612. The number of nitro groups is 1. The Kier molecular flexibility index (Phi) is 4.68. The summed E-state index contributed by atoms with van der Waals surface area (Å²) in [7, 11) is 0. The summed E-state index contributed by atoms with van der Waals surface area (Å²) in [5.41, 5.74) is 0.228. The molecule has 2 amide bonds. The number of anilines is 1. The van der Waals surface area contributed by atoms with Gasteiger partial charge in [-0.25, -0.2) is 9.59 Å². The molecule has 0 spiro atoms. The summed E-state index contributed by atoms with van der Waals surface area (Å²) in [6, 6.07) is 2.49. The molecular formula is C11H10BrN3O5S. The number of amides is 2. The lowest BCUT2D eigenvalue weighted by Gasteiger charge is -2.21. The molecule has 1 aromatic rings. The van der Waals surface area contributed by atoms with E-state index < -0.39 is 23.0 Å². The number of nitrogens with one attached hydrogen (secondary N) is 1. The largest absolute Gasteiger partial charge is 0.480 e. The van der Waals surface area contributed by atoms with Crippen LogP contribution in [0, 0.1) is 10.1 Å². The Hall–Kier alpha value is -1.81. The van der Waals surface area contributed by atoms with Crippen molar-refractivity contribution in [2.45, 2.75) is 6.04 Å². The van der Waals surface area contributed by atoms with Gasteiger partial charge in [-0.2, -0.15) is 0 Å². The first-order valence-electron chi connectivity index (χ1n) is 5.72. The number of carboxylic acid groups (broad SMARTS) is 1. The monoisotopic (exact) mass is 375 g/mol. The minimum Gasteiger partial charge on any atom is -0.480 e. The zero-order chi connectivity index (χ0) is 15.6. The molecule has 0 unspecified atom stereocenters. The van der Waals surface area contributed by atoms with Crippen molar-refractivity contribution in [3.8, 4) is 0 Å². The fourth-order valence-electron chi connectivity index (χ4n) is 1.75. The third-order valence-electron chi connectivity index (χ3n) is 2.83. The van der Waals surface area contributed by atoms with Crippen LogP contribution in [0.3, 0.4) is 0 Å². The molecule has 10 heteroatoms. The number of urea groups is 1. The molecule has 1 aliphatic rings. The van der Waals surface area contributed by atoms with Gasteiger partial charge in [0.05, 0.1) is 16.5 Å². The zero-order valence-electron chi connectivity index (χ0n) is 10.5. The number of carbonyl (C=O) groups excluding carboxylic acids is 1. The summed E-state index contributed by atoms with van der Waals surface area (Å²) in [5.74, 6) is -0.435. The average Bonchev–Trinajstić information content (AvgIpc) is 2.90. The number of halogens is 1. The van der Waals surface area contributed by atoms with Gasteiger partial charge in [-0.15, -0.1) is 11.8 Å². The van der Waals surface area contributed by atoms with Gasteiger partial charge in [-0.05, 0) is 22.0 Å². The normalized spacial score (nSPS) is 17.6. The van der Waals surface area contributed by atoms with Crippen molar-refractivity contribution in [2.75, 3.05) is 16.9 Å². The van der Waals surface area contributed by atoms with Gasteiger partial charge in [-0.1, -0.05) is 0 Å². The maximum atomic E-state index is 12.1. The van der Waals surface area contributed by atoms with E-state index in [0.717, 1.165) is 0 Å². The van der Waals surface area contributed by atoms with Crippen LogP contribution in [0.4, 0.5) is 16.2 Å². The molecule has 8 nitrogen and oxygen atoms in total. The van der Waals surface area contributed by atoms with Gasteiger partial charge in [0.25, 0.3) is 5.69 Å². The third kappa shape index (κ3) is 3.45. The molecule has 1 fully saturated rings. The van der Waals surface area contributed by atoms with Crippen LogP contribution in [0.2, 0.25) is 0 Å². The highest BCUT2D eigenvalue weighted by Crippen LogP contribution is 2.28. The lowest BCUT2D eigenvalue weighted by Crippen LogP contribution is -2.44. The second-order valence-electron chi connectivity index (χ2n) is 4.18. The summed E-state index contributed by atoms with van der Waals surface area (Å²) < 4.78 is 0.351. The first-order valence-corrected chi connectivity index (χ1v) is 7.67. The number of hydrogen-bond donors (Lipinski definition) is 2. The summed E-state index contributed by atoms with van der Waals surface area (Å²) in [6.45, 7) is 0. The molecule has 2 rings (SSSR count). The van der Waals surface area contributed by atoms with Crippen molar-refractivity contribution in [3.63, 3.8) is 0 Å². The molecule has 0 saturated carbocycles. The maximum absolute atomic E-state index is 12.1. The van der Waals surface area contributed by atoms with Crippen molar-refractivity contribution < 1.29 is 19.6 Å². The van der Waals surface area contributed by atoms with E-state index in [2.05, 4.69) is 21.2 Å². The summed E-state index contributed by atoms with van der Waals surface area (Å²) in [4.78, 5) is 34.4. The van der Waals surface area contributed by atoms with Crippen molar-refractivity contribution in [3.05, 3.63) is 32.8 Å². The number of nitro benzene ring substituents is 1. The minimum atomic E-state index is -1.06. The number of nitrogens with zero attached hydrogens (tertiary/aromatic N) is 2. The number of benzene rings is 1. The van der Waals surface area contributed by atoms with Crippen LogP contribution >= 0.6 is 27.7 Å². The molecule has 1 atom stereocenters. The predicted octanol–water partition coefficient (Wildman–Crippen LogP) is 2.35. The highest BCUT2D eigenvalue weighted by Gasteiger charge is 2.34. The van der Waals surface area contributed by atoms with E-state index in [-0.39, 0.29) is 11.6 Å². The van der Waals surface area contributed by atoms with Crippen molar-refractivity contribution in [1.29, 1.82) is 0 Å². The molecule has 0 aliphatic carbocycles. The van der Waals surface area contributed by atoms with Gasteiger partial charge in [0.1, 0.15) is 6.04 Å². The van der Waals surface area contributed by atoms with Crippen LogP contribution in [-0.2, 0) is 4.79 Å². The number of thioether (sulfide) groups is 1. The first-order chi connectivity index (χ1) is 9.90. The molecule has 112 valence electrons. The fourth-order valence-corrected chi connectivity index (χ4v) is 3.36. The molecule has 21 heavy (non-hydrogen) atoms. The lowest BCUT2D eigenvalue weighted by atomic mass is 10.3. The van der Waals surface area contributed by atoms with Crippen LogP contribution < -0.4 is 5.32 Å². The Morgan fingerprint density at radius 1 is 1.52 bits per heavy atom. The SMILES string of the molecule is O=C(O)[C@@H]1CSCN1C(=O)Nc1ccc([N+](=O)[O-])cc1Br. The van der Waals surface area contributed by atoms with Crippen LogP contribution in [0.25, 0.3) is 0 Å². The van der Waals surface area contributed by atoms with E-state index in [9.17, 15) is 19.7 Å². The van der Waals surface area contributed by atoms with Gasteiger partial charge in [-0.3, -0.25) is 10.1 Å². The van der Waals surface area contributed by atoms with Gasteiger partial charge < -0.3 is 15.3 Å². The maximum Gasteiger partial charge on any atom is 0.327 e. The third-order valence-corrected chi connectivity index (χ3v) is 4.50. The molecule has 0 radical (unpaired) electrons. The Balaban J connectivity index is 2.13. The first kappa shape index (κ1) is 15.6. The van der Waals surface area contributed by atoms with Crippen molar-refractivity contribution in [1.82, 2.24) is 4.90 Å². The zero-order valence-corrected chi connectivity index (χ0v) is 12.9. The second-order valence-corrected chi connectivity index (χ2v) is 6.03. The van der Waals surface area contributed by atoms with Crippen LogP contribution in [0.5, 0.6) is 0 Å². The number of aliphatic carboxylic acids is 1. The molecule has 0 aromatic heterocycles. The smallest absolute Gasteiger partial charge is 0.327 e. The van der Waals surface area contributed by atoms with Crippen molar-refractivity contribution >= 4 is 51.1 Å². The van der Waals surface area contributed by atoms with E-state index in [1.165, 1.54) is 34.9 Å². The Morgan fingerprint density at radius 3 is 2.81 bits per heavy atom. The molecule has 1 aromatic carbocycles. The van der Waals surface area contributed by atoms with Gasteiger partial charge in [0.15, 0.2) is 0 Å². The van der Waals surface area contributed by atoms with Gasteiger partial charge >= 0.3 is 12.0 Å². The minimum absolute atomic E-state index is 0.111. The molecular weight excluding hydrogens is 366 g/mol. The molecule has 1 heterocycles. The fraction of sp³-hybridized carbons (Fsp3) is 0.273. The number of carbonyl (C=O) groups is 2. The van der Waals surface area contributed by atoms with E-state index >= 15 is 0 Å². The number of carboxylic acids is 1. The molecule has 0 bridgehead atoms. The Morgan fingerprint density at radius 2 is 2.24 bits per heavy atom. The topological polar surface area (TPSA) is 113 Å². The van der Waals surface area contributed by atoms with Crippen LogP contribution in [0.15, 0.2) is 22.7 Å². The van der Waals surface area contributed by atoms with Crippen LogP contribution in [-0.4, -0.2) is 44.6 Å². The van der Waals surface area contributed by atoms with E-state index in [1.54, 1.807) is 0 Å². The molecule has 2 N–H and O–H groups in total. The van der Waals surface area contributed by atoms with Gasteiger partial charge in [0, 0.05) is 22.4 Å². The van der Waals surface area contributed by atoms with E-state index in [0.29, 0.717) is 15.9 Å². The van der Waals surface area contributed by atoms with Crippen LogP contribution in [0.1, 0.15) is 0 Å². The highest BCUT2D eigenvalue weighted by molar-refractivity contribution is 9.10. The Labute approximate surface area is 131 Å². The van der Waals surface area contributed by atoms with E-state index in [1.807, 2.05) is 0 Å². The number of rotatable bonds is 3. The summed E-state index contributed by atoms with van der Waals surface area (Å²) in [5, 5.41) is 22.2. The average molecular weight is 376 g/mol. The predicted molar refractivity (Wildman–Crippen MR) is 80.4 cm³/mol.